The zero-order valence-corrected chi connectivity index (χ0v) is 13.6. The molecular formula is C17H16ClNO4. The summed E-state index contributed by atoms with van der Waals surface area (Å²) in [5.41, 5.74) is 2.01. The third-order valence-electron chi connectivity index (χ3n) is 3.46. The van der Waals surface area contributed by atoms with Crippen LogP contribution in [0.3, 0.4) is 0 Å². The minimum absolute atomic E-state index is 0.298. The van der Waals surface area contributed by atoms with E-state index in [0.29, 0.717) is 46.7 Å². The molecule has 0 saturated heterocycles. The lowest BCUT2D eigenvalue weighted by Gasteiger charge is -2.20. The Morgan fingerprint density at radius 3 is 2.78 bits per heavy atom. The van der Waals surface area contributed by atoms with Crippen LogP contribution >= 0.6 is 11.6 Å². The summed E-state index contributed by atoms with van der Waals surface area (Å²) in [6, 6.07) is 8.75. The molecule has 0 aromatic heterocycles. The second kappa shape index (κ2) is 6.38. The van der Waals surface area contributed by atoms with E-state index >= 15 is 0 Å². The van der Waals surface area contributed by atoms with Crippen LogP contribution in [-0.2, 0) is 0 Å². The first-order valence-corrected chi connectivity index (χ1v) is 7.51. The maximum atomic E-state index is 12.5. The van der Waals surface area contributed by atoms with Gasteiger partial charge in [-0.2, -0.15) is 0 Å². The Kier molecular flexibility index (Phi) is 4.30. The fourth-order valence-corrected chi connectivity index (χ4v) is 2.62. The summed E-state index contributed by atoms with van der Waals surface area (Å²) >= 11 is 6.17. The molecule has 1 heterocycles. The Labute approximate surface area is 139 Å². The van der Waals surface area contributed by atoms with Gasteiger partial charge in [0.2, 0.25) is 0 Å². The largest absolute Gasteiger partial charge is 0.495 e. The van der Waals surface area contributed by atoms with Crippen molar-refractivity contribution in [2.24, 2.45) is 0 Å². The summed E-state index contributed by atoms with van der Waals surface area (Å²) in [5.74, 6) is 1.24. The lowest BCUT2D eigenvalue weighted by atomic mass is 10.1. The average molecular weight is 334 g/mol. The van der Waals surface area contributed by atoms with Gasteiger partial charge in [-0.05, 0) is 36.8 Å². The lowest BCUT2D eigenvalue weighted by molar-refractivity contribution is 0.102. The predicted molar refractivity (Wildman–Crippen MR) is 88.1 cm³/mol. The van der Waals surface area contributed by atoms with Crippen molar-refractivity contribution in [1.82, 2.24) is 0 Å². The van der Waals surface area contributed by atoms with Crippen LogP contribution in [0.1, 0.15) is 15.9 Å². The number of rotatable bonds is 3. The molecule has 23 heavy (non-hydrogen) atoms. The highest BCUT2D eigenvalue weighted by atomic mass is 35.5. The first-order chi connectivity index (χ1) is 11.1. The minimum atomic E-state index is -0.298. The molecule has 1 N–H and O–H groups in total. The van der Waals surface area contributed by atoms with E-state index in [1.807, 2.05) is 25.1 Å². The highest BCUT2D eigenvalue weighted by Crippen LogP contribution is 2.38. The molecule has 0 spiro atoms. The van der Waals surface area contributed by atoms with Crippen molar-refractivity contribution < 1.29 is 19.0 Å². The summed E-state index contributed by atoms with van der Waals surface area (Å²) in [4.78, 5) is 12.5. The molecule has 6 heteroatoms. The molecule has 0 fully saturated rings. The molecule has 0 aliphatic carbocycles. The zero-order valence-electron chi connectivity index (χ0n) is 12.8. The molecule has 3 rings (SSSR count). The van der Waals surface area contributed by atoms with Gasteiger partial charge in [-0.3, -0.25) is 4.79 Å². The number of ether oxygens (including phenoxy) is 3. The molecule has 0 unspecified atom stereocenters. The maximum absolute atomic E-state index is 12.5. The van der Waals surface area contributed by atoms with Crippen molar-refractivity contribution in [1.29, 1.82) is 0 Å². The van der Waals surface area contributed by atoms with Crippen molar-refractivity contribution in [2.45, 2.75) is 6.92 Å². The van der Waals surface area contributed by atoms with Gasteiger partial charge < -0.3 is 19.5 Å². The van der Waals surface area contributed by atoms with Crippen LogP contribution in [0.15, 0.2) is 30.3 Å². The quantitative estimate of drug-likeness (QED) is 0.931. The van der Waals surface area contributed by atoms with Gasteiger partial charge in [-0.1, -0.05) is 17.7 Å². The van der Waals surface area contributed by atoms with Gasteiger partial charge in [-0.15, -0.1) is 0 Å². The summed E-state index contributed by atoms with van der Waals surface area (Å²) in [6.07, 6.45) is 0. The second-order valence-electron chi connectivity index (χ2n) is 5.14. The SMILES string of the molecule is COc1ccc(C)cc1NC(=O)c1cc(Cl)c2c(c1)OCCO2. The van der Waals surface area contributed by atoms with E-state index < -0.39 is 0 Å². The molecule has 2 aromatic rings. The highest BCUT2D eigenvalue weighted by Gasteiger charge is 2.20. The number of carbonyl (C=O) groups excluding carboxylic acids is 1. The number of amides is 1. The van der Waals surface area contributed by atoms with Crippen molar-refractivity contribution >= 4 is 23.2 Å². The number of carbonyl (C=O) groups is 1. The Morgan fingerprint density at radius 2 is 2.00 bits per heavy atom. The molecule has 1 amide bonds. The van der Waals surface area contributed by atoms with Crippen LogP contribution < -0.4 is 19.5 Å². The summed E-state index contributed by atoms with van der Waals surface area (Å²) in [7, 11) is 1.56. The van der Waals surface area contributed by atoms with E-state index in [4.69, 9.17) is 25.8 Å². The molecule has 0 bridgehead atoms. The van der Waals surface area contributed by atoms with Crippen LogP contribution in [0.25, 0.3) is 0 Å². The average Bonchev–Trinajstić information content (AvgIpc) is 2.55. The van der Waals surface area contributed by atoms with Gasteiger partial charge in [0.25, 0.3) is 5.91 Å². The Balaban J connectivity index is 1.89. The zero-order chi connectivity index (χ0) is 16.4. The molecular weight excluding hydrogens is 318 g/mol. The number of aryl methyl sites for hydroxylation is 1. The maximum Gasteiger partial charge on any atom is 0.255 e. The minimum Gasteiger partial charge on any atom is -0.495 e. The van der Waals surface area contributed by atoms with E-state index in [0.717, 1.165) is 5.56 Å². The Bertz CT molecular complexity index is 760. The monoisotopic (exact) mass is 333 g/mol. The van der Waals surface area contributed by atoms with Crippen molar-refractivity contribution in [3.63, 3.8) is 0 Å². The first kappa shape index (κ1) is 15.5. The molecule has 1 aliphatic rings. The van der Waals surface area contributed by atoms with Crippen LogP contribution in [0.2, 0.25) is 5.02 Å². The Morgan fingerprint density at radius 1 is 1.22 bits per heavy atom. The third kappa shape index (κ3) is 3.19. The fourth-order valence-electron chi connectivity index (χ4n) is 2.36. The molecule has 2 aromatic carbocycles. The molecule has 1 aliphatic heterocycles. The number of hydrogen-bond acceptors (Lipinski definition) is 4. The van der Waals surface area contributed by atoms with Gasteiger partial charge >= 0.3 is 0 Å². The molecule has 120 valence electrons. The van der Waals surface area contributed by atoms with Crippen LogP contribution in [-0.4, -0.2) is 26.2 Å². The smallest absolute Gasteiger partial charge is 0.255 e. The van der Waals surface area contributed by atoms with Crippen molar-refractivity contribution in [3.8, 4) is 17.2 Å². The van der Waals surface area contributed by atoms with E-state index in [2.05, 4.69) is 5.32 Å². The summed E-state index contributed by atoms with van der Waals surface area (Å²) in [5, 5.41) is 3.18. The summed E-state index contributed by atoms with van der Waals surface area (Å²) in [6.45, 7) is 2.81. The normalized spacial score (nSPS) is 12.7. The Hall–Kier alpha value is -2.40. The number of benzene rings is 2. The topological polar surface area (TPSA) is 56.8 Å². The highest BCUT2D eigenvalue weighted by molar-refractivity contribution is 6.32. The number of nitrogens with one attached hydrogen (secondary N) is 1. The van der Waals surface area contributed by atoms with E-state index in [1.165, 1.54) is 0 Å². The van der Waals surface area contributed by atoms with Gasteiger partial charge in [0, 0.05) is 5.56 Å². The second-order valence-corrected chi connectivity index (χ2v) is 5.55. The van der Waals surface area contributed by atoms with Crippen molar-refractivity contribution in [2.75, 3.05) is 25.6 Å². The molecule has 5 nitrogen and oxygen atoms in total. The predicted octanol–water partition coefficient (Wildman–Crippen LogP) is 3.68. The first-order valence-electron chi connectivity index (χ1n) is 7.13. The molecule has 0 radical (unpaired) electrons. The number of halogens is 1. The van der Waals surface area contributed by atoms with Crippen LogP contribution in [0.4, 0.5) is 5.69 Å². The van der Waals surface area contributed by atoms with Crippen molar-refractivity contribution in [3.05, 3.63) is 46.5 Å². The van der Waals surface area contributed by atoms with E-state index in [-0.39, 0.29) is 5.91 Å². The van der Waals surface area contributed by atoms with Gasteiger partial charge in [0.15, 0.2) is 11.5 Å². The van der Waals surface area contributed by atoms with Crippen LogP contribution in [0.5, 0.6) is 17.2 Å². The van der Waals surface area contributed by atoms with E-state index in [9.17, 15) is 4.79 Å². The van der Waals surface area contributed by atoms with E-state index in [1.54, 1.807) is 19.2 Å². The van der Waals surface area contributed by atoms with Gasteiger partial charge in [-0.25, -0.2) is 0 Å². The standard InChI is InChI=1S/C17H16ClNO4/c1-10-3-4-14(21-2)13(7-10)19-17(20)11-8-12(18)16-15(9-11)22-5-6-23-16/h3-4,7-9H,5-6H2,1-2H3,(H,19,20). The van der Waals surface area contributed by atoms with Crippen LogP contribution in [0, 0.1) is 6.92 Å². The number of anilines is 1. The molecule has 0 saturated carbocycles. The number of hydrogen-bond donors (Lipinski definition) is 1. The number of fused-ring (bicyclic) bond motifs is 1. The third-order valence-corrected chi connectivity index (χ3v) is 3.74. The molecule has 0 atom stereocenters. The fraction of sp³-hybridized carbons (Fsp3) is 0.235. The summed E-state index contributed by atoms with van der Waals surface area (Å²) < 4.78 is 16.2. The number of methoxy groups -OCH3 is 1. The van der Waals surface area contributed by atoms with Gasteiger partial charge in [0.05, 0.1) is 17.8 Å². The van der Waals surface area contributed by atoms with Gasteiger partial charge in [0.1, 0.15) is 19.0 Å². The lowest BCUT2D eigenvalue weighted by Crippen LogP contribution is -2.18.